The molecule has 0 heterocycles. The number of nitrogens with one attached hydrogen (secondary N) is 2. The van der Waals surface area contributed by atoms with Gasteiger partial charge in [0.15, 0.2) is 0 Å². The molecular weight excluding hydrogens is 451 g/mol. The van der Waals surface area contributed by atoms with Gasteiger partial charge in [0.25, 0.3) is 0 Å². The SMILES string of the molecule is COC(=O)[C@H](CCP(=O)(O)CNC(=O)OCc1ccccc1)NC(=O)OCc1ccccc1. The van der Waals surface area contributed by atoms with Gasteiger partial charge in [0, 0.05) is 6.16 Å². The summed E-state index contributed by atoms with van der Waals surface area (Å²) in [5, 5.41) is 4.57. The van der Waals surface area contributed by atoms with E-state index >= 15 is 0 Å². The summed E-state index contributed by atoms with van der Waals surface area (Å²) in [5.41, 5.74) is 1.53. The van der Waals surface area contributed by atoms with Gasteiger partial charge in [-0.25, -0.2) is 14.4 Å². The first kappa shape index (κ1) is 25.9. The molecule has 0 fully saturated rings. The number of alkyl carbamates (subject to hydrolysis) is 2. The van der Waals surface area contributed by atoms with Gasteiger partial charge >= 0.3 is 18.2 Å². The van der Waals surface area contributed by atoms with E-state index in [1.165, 1.54) is 0 Å². The van der Waals surface area contributed by atoms with Gasteiger partial charge < -0.3 is 29.7 Å². The standard InChI is InChI=1S/C22H27N2O8P/c1-30-20(25)19(24-22(27)32-15-18-10-6-3-7-11-18)12-13-33(28,29)16-23-21(26)31-14-17-8-4-2-5-9-17/h2-11,19H,12-16H2,1H3,(H,23,26)(H,24,27)(H,28,29)/t19-/m0/s1. The van der Waals surface area contributed by atoms with Gasteiger partial charge in [0.05, 0.1) is 13.4 Å². The van der Waals surface area contributed by atoms with Gasteiger partial charge in [0.2, 0.25) is 7.37 Å². The van der Waals surface area contributed by atoms with E-state index in [4.69, 9.17) is 9.47 Å². The van der Waals surface area contributed by atoms with E-state index in [9.17, 15) is 23.8 Å². The Morgan fingerprint density at radius 1 is 0.909 bits per heavy atom. The predicted molar refractivity (Wildman–Crippen MR) is 120 cm³/mol. The Labute approximate surface area is 191 Å². The molecule has 178 valence electrons. The third-order valence-corrected chi connectivity index (χ3v) is 6.05. The summed E-state index contributed by atoms with van der Waals surface area (Å²) in [7, 11) is -2.73. The van der Waals surface area contributed by atoms with Crippen molar-refractivity contribution in [1.29, 1.82) is 0 Å². The second-order valence-electron chi connectivity index (χ2n) is 7.04. The Morgan fingerprint density at radius 3 is 1.94 bits per heavy atom. The first-order chi connectivity index (χ1) is 15.8. The fourth-order valence-electron chi connectivity index (χ4n) is 2.67. The van der Waals surface area contributed by atoms with Crippen molar-refractivity contribution in [1.82, 2.24) is 10.6 Å². The van der Waals surface area contributed by atoms with Crippen LogP contribution in [0, 0.1) is 0 Å². The van der Waals surface area contributed by atoms with Gasteiger partial charge in [-0.1, -0.05) is 60.7 Å². The number of hydrogen-bond donors (Lipinski definition) is 3. The lowest BCUT2D eigenvalue weighted by Crippen LogP contribution is -2.42. The lowest BCUT2D eigenvalue weighted by atomic mass is 10.2. The second-order valence-corrected chi connectivity index (χ2v) is 9.49. The summed E-state index contributed by atoms with van der Waals surface area (Å²) in [6.07, 6.45) is -2.82. The van der Waals surface area contributed by atoms with Gasteiger partial charge in [-0.2, -0.15) is 0 Å². The molecule has 11 heteroatoms. The molecule has 10 nitrogen and oxygen atoms in total. The maximum absolute atomic E-state index is 12.4. The lowest BCUT2D eigenvalue weighted by Gasteiger charge is -2.18. The van der Waals surface area contributed by atoms with Crippen molar-refractivity contribution in [3.8, 4) is 0 Å². The minimum absolute atomic E-state index is 0.00588. The molecule has 0 radical (unpaired) electrons. The van der Waals surface area contributed by atoms with Crippen molar-refractivity contribution in [2.75, 3.05) is 19.6 Å². The van der Waals surface area contributed by atoms with Crippen molar-refractivity contribution in [3.63, 3.8) is 0 Å². The highest BCUT2D eigenvalue weighted by Gasteiger charge is 2.27. The first-order valence-corrected chi connectivity index (χ1v) is 12.1. The molecule has 3 N–H and O–H groups in total. The second kappa shape index (κ2) is 13.2. The molecule has 2 rings (SSSR count). The number of esters is 1. The van der Waals surface area contributed by atoms with Crippen LogP contribution in [-0.2, 0) is 36.8 Å². The number of benzene rings is 2. The molecule has 33 heavy (non-hydrogen) atoms. The molecular formula is C22H27N2O8P. The summed E-state index contributed by atoms with van der Waals surface area (Å²) in [6, 6.07) is 16.7. The molecule has 0 aliphatic rings. The van der Waals surface area contributed by atoms with Crippen LogP contribution in [0.2, 0.25) is 0 Å². The third kappa shape index (κ3) is 10.2. The number of amides is 2. The van der Waals surface area contributed by atoms with Gasteiger partial charge in [-0.05, 0) is 17.5 Å². The van der Waals surface area contributed by atoms with E-state index in [-0.39, 0.29) is 25.8 Å². The Morgan fingerprint density at radius 2 is 1.42 bits per heavy atom. The smallest absolute Gasteiger partial charge is 0.408 e. The minimum atomic E-state index is -3.86. The molecule has 0 aliphatic carbocycles. The summed E-state index contributed by atoms with van der Waals surface area (Å²) in [6.45, 7) is 0.00982. The molecule has 2 atom stereocenters. The zero-order valence-electron chi connectivity index (χ0n) is 18.1. The summed E-state index contributed by atoms with van der Waals surface area (Å²) < 4.78 is 27.1. The normalized spacial score (nSPS) is 13.2. The van der Waals surface area contributed by atoms with Crippen LogP contribution >= 0.6 is 7.37 Å². The number of methoxy groups -OCH3 is 1. The highest BCUT2D eigenvalue weighted by Crippen LogP contribution is 2.40. The van der Waals surface area contributed by atoms with Crippen molar-refractivity contribution in [2.45, 2.75) is 25.7 Å². The lowest BCUT2D eigenvalue weighted by molar-refractivity contribution is -0.143. The molecule has 0 aromatic heterocycles. The summed E-state index contributed by atoms with van der Waals surface area (Å²) in [5.74, 6) is -0.790. The predicted octanol–water partition coefficient (Wildman–Crippen LogP) is 3.00. The van der Waals surface area contributed by atoms with Crippen LogP contribution in [-0.4, -0.2) is 48.6 Å². The topological polar surface area (TPSA) is 140 Å². The molecule has 0 bridgehead atoms. The Bertz CT molecular complexity index is 955. The largest absolute Gasteiger partial charge is 0.467 e. The maximum atomic E-state index is 12.4. The monoisotopic (exact) mass is 478 g/mol. The number of carbonyl (C=O) groups excluding carboxylic acids is 3. The summed E-state index contributed by atoms with van der Waals surface area (Å²) in [4.78, 5) is 45.9. The zero-order valence-corrected chi connectivity index (χ0v) is 19.0. The number of hydrogen-bond acceptors (Lipinski definition) is 7. The Kier molecular flexibility index (Phi) is 10.4. The van der Waals surface area contributed by atoms with Gasteiger partial charge in [-0.3, -0.25) is 4.57 Å². The van der Waals surface area contributed by atoms with E-state index in [0.717, 1.165) is 18.2 Å². The van der Waals surface area contributed by atoms with Crippen LogP contribution in [0.4, 0.5) is 9.59 Å². The van der Waals surface area contributed by atoms with Crippen LogP contribution in [0.15, 0.2) is 60.7 Å². The quantitative estimate of drug-likeness (QED) is 0.254. The number of carbonyl (C=O) groups is 3. The molecule has 2 aromatic rings. The van der Waals surface area contributed by atoms with E-state index in [0.29, 0.717) is 0 Å². The van der Waals surface area contributed by atoms with E-state index in [1.54, 1.807) is 48.5 Å². The summed E-state index contributed by atoms with van der Waals surface area (Å²) >= 11 is 0. The number of ether oxygens (including phenoxy) is 3. The zero-order chi connectivity index (χ0) is 24.1. The van der Waals surface area contributed by atoms with Crippen molar-refractivity contribution >= 4 is 25.5 Å². The third-order valence-electron chi connectivity index (χ3n) is 4.44. The van der Waals surface area contributed by atoms with Gasteiger partial charge in [0.1, 0.15) is 19.3 Å². The average Bonchev–Trinajstić information content (AvgIpc) is 2.83. The highest BCUT2D eigenvalue weighted by molar-refractivity contribution is 7.57. The van der Waals surface area contributed by atoms with Crippen molar-refractivity contribution < 1.29 is 38.1 Å². The molecule has 0 spiro atoms. The number of rotatable bonds is 11. The molecule has 2 aromatic carbocycles. The van der Waals surface area contributed by atoms with Gasteiger partial charge in [-0.15, -0.1) is 0 Å². The molecule has 0 saturated heterocycles. The van der Waals surface area contributed by atoms with Crippen molar-refractivity contribution in [3.05, 3.63) is 71.8 Å². The molecule has 1 unspecified atom stereocenters. The average molecular weight is 478 g/mol. The van der Waals surface area contributed by atoms with Crippen LogP contribution in [0.25, 0.3) is 0 Å². The fraction of sp³-hybridized carbons (Fsp3) is 0.318. The van der Waals surface area contributed by atoms with E-state index in [2.05, 4.69) is 15.4 Å². The molecule has 2 amide bonds. The maximum Gasteiger partial charge on any atom is 0.408 e. The van der Waals surface area contributed by atoms with E-state index in [1.807, 2.05) is 12.1 Å². The molecule has 0 aliphatic heterocycles. The fourth-order valence-corrected chi connectivity index (χ4v) is 3.87. The minimum Gasteiger partial charge on any atom is -0.467 e. The highest BCUT2D eigenvalue weighted by atomic mass is 31.2. The Hall–Kier alpha value is -3.36. The Balaban J connectivity index is 1.77. The van der Waals surface area contributed by atoms with Crippen molar-refractivity contribution in [2.24, 2.45) is 0 Å². The van der Waals surface area contributed by atoms with Crippen LogP contribution in [0.5, 0.6) is 0 Å². The van der Waals surface area contributed by atoms with Crippen LogP contribution in [0.3, 0.4) is 0 Å². The van der Waals surface area contributed by atoms with Crippen LogP contribution in [0.1, 0.15) is 17.5 Å². The molecule has 0 saturated carbocycles. The van der Waals surface area contributed by atoms with Crippen LogP contribution < -0.4 is 10.6 Å². The van der Waals surface area contributed by atoms with E-state index < -0.39 is 37.9 Å². The first-order valence-electron chi connectivity index (χ1n) is 10.1.